The second-order valence-corrected chi connectivity index (χ2v) is 7.45. The minimum atomic E-state index is -0.362. The summed E-state index contributed by atoms with van der Waals surface area (Å²) in [5.41, 5.74) is 1.55. The molecule has 3 aromatic rings. The maximum absolute atomic E-state index is 13.1. The van der Waals surface area contributed by atoms with Gasteiger partial charge in [-0.2, -0.15) is 0 Å². The highest BCUT2D eigenvalue weighted by Crippen LogP contribution is 2.32. The zero-order chi connectivity index (χ0) is 20.3. The minimum absolute atomic E-state index is 0.00156. The number of carbonyl (C=O) groups is 1. The molecule has 2 aromatic carbocycles. The molecule has 0 aliphatic heterocycles. The van der Waals surface area contributed by atoms with Gasteiger partial charge in [-0.25, -0.2) is 0 Å². The molecule has 6 heteroatoms. The molecule has 0 unspecified atom stereocenters. The second kappa shape index (κ2) is 8.48. The van der Waals surface area contributed by atoms with Crippen LogP contribution in [0, 0.1) is 12.8 Å². The molecule has 3 rings (SSSR count). The lowest BCUT2D eigenvalue weighted by atomic mass is 10.1. The minimum Gasteiger partial charge on any atom is -0.476 e. The Kier molecular flexibility index (Phi) is 6.05. The molecular weight excluding hydrogens is 378 g/mol. The number of amides is 1. The van der Waals surface area contributed by atoms with E-state index in [0.717, 1.165) is 5.56 Å². The van der Waals surface area contributed by atoms with Crippen molar-refractivity contribution < 1.29 is 13.9 Å². The van der Waals surface area contributed by atoms with E-state index in [1.54, 1.807) is 12.1 Å². The third kappa shape index (κ3) is 4.37. The molecule has 146 valence electrons. The highest BCUT2D eigenvalue weighted by atomic mass is 35.5. The van der Waals surface area contributed by atoms with Crippen LogP contribution in [0.3, 0.4) is 0 Å². The van der Waals surface area contributed by atoms with Crippen LogP contribution in [0.2, 0.25) is 5.02 Å². The number of fused-ring (bicyclic) bond motifs is 1. The molecule has 1 aromatic heterocycles. The van der Waals surface area contributed by atoms with E-state index in [1.807, 2.05) is 51.1 Å². The lowest BCUT2D eigenvalue weighted by molar-refractivity contribution is -0.123. The summed E-state index contributed by atoms with van der Waals surface area (Å²) >= 11 is 6.18. The molecule has 28 heavy (non-hydrogen) atoms. The topological polar surface area (TPSA) is 68.5 Å². The highest BCUT2D eigenvalue weighted by molar-refractivity contribution is 6.32. The number of hydrogen-bond acceptors (Lipinski definition) is 4. The fourth-order valence-electron chi connectivity index (χ4n) is 2.72. The third-order valence-electron chi connectivity index (χ3n) is 4.22. The molecule has 0 aliphatic rings. The van der Waals surface area contributed by atoms with Gasteiger partial charge in [-0.1, -0.05) is 55.8 Å². The van der Waals surface area contributed by atoms with Gasteiger partial charge in [0.2, 0.25) is 11.2 Å². The number of ether oxygens (including phenoxy) is 1. The van der Waals surface area contributed by atoms with Gasteiger partial charge in [0, 0.05) is 17.1 Å². The van der Waals surface area contributed by atoms with E-state index in [4.69, 9.17) is 20.8 Å². The van der Waals surface area contributed by atoms with Crippen LogP contribution in [0.4, 0.5) is 0 Å². The van der Waals surface area contributed by atoms with Crippen LogP contribution in [-0.4, -0.2) is 19.1 Å². The van der Waals surface area contributed by atoms with Crippen LogP contribution in [0.1, 0.15) is 19.4 Å². The second-order valence-electron chi connectivity index (χ2n) is 7.04. The van der Waals surface area contributed by atoms with E-state index in [0.29, 0.717) is 34.0 Å². The van der Waals surface area contributed by atoms with Crippen molar-refractivity contribution in [3.05, 3.63) is 63.3 Å². The quantitative estimate of drug-likeness (QED) is 0.659. The average molecular weight is 400 g/mol. The van der Waals surface area contributed by atoms with Crippen molar-refractivity contribution in [3.8, 4) is 17.1 Å². The summed E-state index contributed by atoms with van der Waals surface area (Å²) < 4.78 is 11.6. The number of hydrogen-bond donors (Lipinski definition) is 1. The van der Waals surface area contributed by atoms with Crippen molar-refractivity contribution in [1.82, 2.24) is 5.32 Å². The first kappa shape index (κ1) is 20.0. The number of halogens is 1. The van der Waals surface area contributed by atoms with Crippen LogP contribution >= 0.6 is 11.6 Å². The Morgan fingerprint density at radius 2 is 1.93 bits per heavy atom. The summed E-state index contributed by atoms with van der Waals surface area (Å²) in [5.74, 6) is 0.309. The van der Waals surface area contributed by atoms with Gasteiger partial charge in [0.05, 0.1) is 5.39 Å². The molecular formula is C22H22ClNO4. The zero-order valence-corrected chi connectivity index (χ0v) is 16.8. The number of aryl methyl sites for hydroxylation is 1. The van der Waals surface area contributed by atoms with Gasteiger partial charge in [0.15, 0.2) is 12.4 Å². The van der Waals surface area contributed by atoms with E-state index in [9.17, 15) is 9.59 Å². The van der Waals surface area contributed by atoms with Crippen molar-refractivity contribution >= 4 is 28.5 Å². The first-order chi connectivity index (χ1) is 13.4. The summed E-state index contributed by atoms with van der Waals surface area (Å²) in [6.07, 6.45) is 0. The molecule has 0 saturated carbocycles. The SMILES string of the molecule is Cc1cc2oc(-c3ccccc3)c(OCC(=O)NCC(C)C)c(=O)c2cc1Cl. The number of nitrogens with one attached hydrogen (secondary N) is 1. The normalized spacial score (nSPS) is 11.0. The maximum Gasteiger partial charge on any atom is 0.257 e. The molecule has 0 saturated heterocycles. The molecule has 1 amide bonds. The molecule has 1 N–H and O–H groups in total. The van der Waals surface area contributed by atoms with Crippen LogP contribution in [0.15, 0.2) is 51.7 Å². The number of rotatable bonds is 6. The Morgan fingerprint density at radius 1 is 1.21 bits per heavy atom. The zero-order valence-electron chi connectivity index (χ0n) is 16.0. The maximum atomic E-state index is 13.1. The number of carbonyl (C=O) groups excluding carboxylic acids is 1. The molecule has 0 fully saturated rings. The molecule has 1 heterocycles. The van der Waals surface area contributed by atoms with E-state index in [-0.39, 0.29) is 29.5 Å². The largest absolute Gasteiger partial charge is 0.476 e. The summed E-state index contributed by atoms with van der Waals surface area (Å²) in [6.45, 7) is 6.10. The van der Waals surface area contributed by atoms with Gasteiger partial charge in [-0.3, -0.25) is 9.59 Å². The van der Waals surface area contributed by atoms with Crippen LogP contribution in [0.5, 0.6) is 5.75 Å². The Morgan fingerprint density at radius 3 is 2.61 bits per heavy atom. The third-order valence-corrected chi connectivity index (χ3v) is 4.63. The van der Waals surface area contributed by atoms with Crippen molar-refractivity contribution in [2.24, 2.45) is 5.92 Å². The van der Waals surface area contributed by atoms with E-state index < -0.39 is 0 Å². The predicted molar refractivity (Wildman–Crippen MR) is 111 cm³/mol. The summed E-state index contributed by atoms with van der Waals surface area (Å²) in [4.78, 5) is 25.1. The van der Waals surface area contributed by atoms with Crippen LogP contribution in [-0.2, 0) is 4.79 Å². The Balaban J connectivity index is 2.05. The number of benzene rings is 2. The predicted octanol–water partition coefficient (Wildman–Crippen LogP) is 4.57. The van der Waals surface area contributed by atoms with E-state index >= 15 is 0 Å². The Bertz CT molecular complexity index is 1060. The first-order valence-electron chi connectivity index (χ1n) is 9.08. The summed E-state index contributed by atoms with van der Waals surface area (Å²) in [7, 11) is 0. The van der Waals surface area contributed by atoms with E-state index in [1.165, 1.54) is 0 Å². The average Bonchev–Trinajstić information content (AvgIpc) is 2.67. The Hall–Kier alpha value is -2.79. The van der Waals surface area contributed by atoms with Gasteiger partial charge in [-0.15, -0.1) is 0 Å². The summed E-state index contributed by atoms with van der Waals surface area (Å²) in [6, 6.07) is 12.5. The van der Waals surface area contributed by atoms with Gasteiger partial charge in [-0.05, 0) is 30.5 Å². The molecule has 0 spiro atoms. The van der Waals surface area contributed by atoms with Crippen LogP contribution in [0.25, 0.3) is 22.3 Å². The fourth-order valence-corrected chi connectivity index (χ4v) is 2.88. The lowest BCUT2D eigenvalue weighted by Crippen LogP contribution is -2.32. The fraction of sp³-hybridized carbons (Fsp3) is 0.273. The molecule has 0 radical (unpaired) electrons. The van der Waals surface area contributed by atoms with E-state index in [2.05, 4.69) is 5.32 Å². The molecule has 5 nitrogen and oxygen atoms in total. The van der Waals surface area contributed by atoms with Crippen molar-refractivity contribution in [2.75, 3.05) is 13.2 Å². The molecule has 0 bridgehead atoms. The van der Waals surface area contributed by atoms with Crippen molar-refractivity contribution in [3.63, 3.8) is 0 Å². The first-order valence-corrected chi connectivity index (χ1v) is 9.46. The van der Waals surface area contributed by atoms with Gasteiger partial charge in [0.25, 0.3) is 5.91 Å². The standard InChI is InChI=1S/C22H22ClNO4/c1-13(2)11-24-19(25)12-27-22-20(26)16-10-17(23)14(3)9-18(16)28-21(22)15-7-5-4-6-8-15/h4-10,13H,11-12H2,1-3H3,(H,24,25). The monoisotopic (exact) mass is 399 g/mol. The van der Waals surface area contributed by atoms with Gasteiger partial charge < -0.3 is 14.5 Å². The molecule has 0 atom stereocenters. The Labute approximate surface area is 168 Å². The van der Waals surface area contributed by atoms with Gasteiger partial charge >= 0.3 is 0 Å². The highest BCUT2D eigenvalue weighted by Gasteiger charge is 2.19. The smallest absolute Gasteiger partial charge is 0.257 e. The molecule has 0 aliphatic carbocycles. The van der Waals surface area contributed by atoms with Crippen molar-refractivity contribution in [1.29, 1.82) is 0 Å². The lowest BCUT2D eigenvalue weighted by Gasteiger charge is -2.13. The van der Waals surface area contributed by atoms with Gasteiger partial charge in [0.1, 0.15) is 5.58 Å². The summed E-state index contributed by atoms with van der Waals surface area (Å²) in [5, 5.41) is 3.55. The van der Waals surface area contributed by atoms with Crippen molar-refractivity contribution in [2.45, 2.75) is 20.8 Å². The van der Waals surface area contributed by atoms with Crippen LogP contribution < -0.4 is 15.5 Å².